The number of aliphatic hydroxyl groups is 6. The number of phenolic OH excluding ortho intramolecular Hbond substituents is 3. The van der Waals surface area contributed by atoms with Crippen LogP contribution < -0.4 is 72.5 Å². The van der Waals surface area contributed by atoms with Gasteiger partial charge in [-0.05, 0) is 147 Å². The van der Waals surface area contributed by atoms with Crippen molar-refractivity contribution in [2.75, 3.05) is 32.1 Å². The summed E-state index contributed by atoms with van der Waals surface area (Å²) in [6.45, 7) is 8.83. The predicted octanol–water partition coefficient (Wildman–Crippen LogP) is 4.28. The van der Waals surface area contributed by atoms with Crippen LogP contribution in [-0.4, -0.2) is 209 Å². The third-order valence-electron chi connectivity index (χ3n) is 21.9. The lowest BCUT2D eigenvalue weighted by atomic mass is 9.84. The van der Waals surface area contributed by atoms with Crippen molar-refractivity contribution in [3.8, 4) is 62.9 Å². The number of pyridine rings is 1. The summed E-state index contributed by atoms with van der Waals surface area (Å²) in [6, 6.07) is 16.4. The minimum atomic E-state index is -2.37. The number of hydrogen-bond donors (Lipinski definition) is 20. The number of primary amides is 1. The fraction of sp³-hybridized carbons (Fsp3) is 0.376. The summed E-state index contributed by atoms with van der Waals surface area (Å²) in [5.74, 6) is -15.5. The summed E-state index contributed by atoms with van der Waals surface area (Å²) < 4.78 is 45.7. The lowest BCUT2D eigenvalue weighted by molar-refractivity contribution is -0.334. The number of carboxylic acid groups (broad SMARTS) is 1. The molecule has 2 saturated heterocycles. The zero-order chi connectivity index (χ0) is 88.3. The molecule has 8 heterocycles. The number of amides is 7. The van der Waals surface area contributed by atoms with E-state index in [-0.39, 0.29) is 52.8 Å². The number of rotatable bonds is 21. The summed E-state index contributed by atoms with van der Waals surface area (Å²) in [5.41, 5.74) is 5.07. The highest BCUT2D eigenvalue weighted by atomic mass is 35.5. The minimum Gasteiger partial charge on any atom is -0.508 e. The van der Waals surface area contributed by atoms with Gasteiger partial charge in [0.2, 0.25) is 53.4 Å². The number of carboxylic acids is 1. The molecule has 15 rings (SSSR count). The number of hydrogen-bond acceptors (Lipinski definition) is 28. The molecule has 18 atom stereocenters. The van der Waals surface area contributed by atoms with Crippen LogP contribution in [0.4, 0.5) is 5.69 Å². The molecule has 7 aromatic carbocycles. The van der Waals surface area contributed by atoms with Crippen molar-refractivity contribution >= 4 is 87.1 Å². The zero-order valence-electron chi connectivity index (χ0n) is 66.9. The van der Waals surface area contributed by atoms with Crippen LogP contribution in [0.5, 0.6) is 51.7 Å². The molecule has 21 N–H and O–H groups in total. The summed E-state index contributed by atoms with van der Waals surface area (Å²) in [5, 5.41) is 141. The second kappa shape index (κ2) is 37.5. The second-order valence-electron chi connectivity index (χ2n) is 31.2. The summed E-state index contributed by atoms with van der Waals surface area (Å²) >= 11 is 14.3. The maximum atomic E-state index is 16.2. The molecular weight excluding hydrogens is 1650 g/mol. The van der Waals surface area contributed by atoms with E-state index in [1.54, 1.807) is 26.0 Å². The van der Waals surface area contributed by atoms with Gasteiger partial charge < -0.3 is 138 Å². The van der Waals surface area contributed by atoms with Crippen LogP contribution >= 0.6 is 23.2 Å². The number of likely N-dealkylation sites (N-methyl/N-ethyl adjacent to an activating group) is 1. The van der Waals surface area contributed by atoms with Crippen molar-refractivity contribution < 1.29 is 123 Å². The lowest BCUT2D eigenvalue weighted by Gasteiger charge is -2.48. The maximum Gasteiger partial charge on any atom is 0.330 e. The number of phenols is 3. The molecule has 7 amide bonds. The van der Waals surface area contributed by atoms with Crippen molar-refractivity contribution in [1.29, 1.82) is 0 Å². The van der Waals surface area contributed by atoms with E-state index in [0.717, 1.165) is 94.6 Å². The molecule has 38 heteroatoms. The molecule has 8 aromatic rings. The normalized spacial score (nSPS) is 26.2. The first-order valence-electron chi connectivity index (χ1n) is 39.3. The van der Waals surface area contributed by atoms with Crippen LogP contribution in [-0.2, 0) is 59.1 Å². The number of aromatic hydroxyl groups is 3. The van der Waals surface area contributed by atoms with Gasteiger partial charge in [0.05, 0.1) is 46.8 Å². The van der Waals surface area contributed by atoms with Crippen LogP contribution in [0, 0.1) is 12.8 Å². The monoisotopic (exact) mass is 1740 g/mol. The number of para-hydroxylation sites is 1. The van der Waals surface area contributed by atoms with E-state index >= 15 is 14.4 Å². The Morgan fingerprint density at radius 2 is 1.36 bits per heavy atom. The van der Waals surface area contributed by atoms with E-state index in [2.05, 4.69) is 52.8 Å². The SMILES string of the molecule is CN[C@H](CC(C)C)C(=O)N[C@H]1C(=O)N[C@@H](CC(N)=O)C(=O)N[C@H]2C(=O)N[C@H]3C(=O)N[C@H](C(=O)N[C@@H](C(=O)O)c4cc(O)cc(O)c4-c4cc3ccc4O)[C@H](O)c3ccc(c(Cl)c3)Oc3cc2cc(c3OC2OC(CO)C(O)C(O)C2OC2CC(C)(NCc3ccc(OCCNc4cc(C)nc5ccccc45)cc3)C(O)C(C)O2)Oc2ccc(cc2Cl)[C@H]1O. The van der Waals surface area contributed by atoms with E-state index in [1.165, 1.54) is 19.2 Å². The number of ether oxygens (including phenoxy) is 7. The Labute approximate surface area is 712 Å². The number of aromatic nitrogens is 1. The molecule has 652 valence electrons. The third-order valence-corrected chi connectivity index (χ3v) is 22.5. The van der Waals surface area contributed by atoms with Gasteiger partial charge in [0.1, 0.15) is 102 Å². The third kappa shape index (κ3) is 19.7. The lowest BCUT2D eigenvalue weighted by Crippen LogP contribution is -2.65. The number of nitrogens with one attached hydrogen (secondary N) is 9. The van der Waals surface area contributed by atoms with E-state index in [9.17, 15) is 75.0 Å². The fourth-order valence-electron chi connectivity index (χ4n) is 15.5. The molecule has 123 heavy (non-hydrogen) atoms. The zero-order valence-corrected chi connectivity index (χ0v) is 68.4. The molecule has 11 bridgehead atoms. The Morgan fingerprint density at radius 1 is 0.707 bits per heavy atom. The summed E-state index contributed by atoms with van der Waals surface area (Å²) in [4.78, 5) is 123. The van der Waals surface area contributed by atoms with Gasteiger partial charge >= 0.3 is 5.97 Å². The largest absolute Gasteiger partial charge is 0.508 e. The highest BCUT2D eigenvalue weighted by Crippen LogP contribution is 2.50. The molecule has 2 fully saturated rings. The molecule has 36 nitrogen and oxygen atoms in total. The number of carbonyl (C=O) groups is 8. The fourth-order valence-corrected chi connectivity index (χ4v) is 15.9. The van der Waals surface area contributed by atoms with Crippen LogP contribution in [0.25, 0.3) is 22.0 Å². The van der Waals surface area contributed by atoms with Gasteiger partial charge in [-0.15, -0.1) is 0 Å². The molecule has 0 aliphatic carbocycles. The first-order valence-corrected chi connectivity index (χ1v) is 40.1. The molecular formula is C85H93Cl2N11O25. The Bertz CT molecular complexity index is 5360. The topological polar surface area (TPSA) is 551 Å². The number of anilines is 1. The summed E-state index contributed by atoms with van der Waals surface area (Å²) in [7, 11) is 1.48. The average molecular weight is 1740 g/mol. The molecule has 7 aliphatic heterocycles. The van der Waals surface area contributed by atoms with E-state index in [0.29, 0.717) is 18.9 Å². The molecule has 0 radical (unpaired) electrons. The molecule has 0 spiro atoms. The van der Waals surface area contributed by atoms with E-state index in [1.807, 2.05) is 63.2 Å². The number of nitrogens with two attached hydrogens (primary N) is 1. The van der Waals surface area contributed by atoms with E-state index < -0.39 is 237 Å². The van der Waals surface area contributed by atoms with Gasteiger partial charge in [-0.1, -0.05) is 85.6 Å². The Morgan fingerprint density at radius 3 is 2.01 bits per heavy atom. The first kappa shape index (κ1) is 89.0. The standard InChI is InChI=1S/C85H93Cl2N11O25/c1-36(2)23-53(89-6)77(109)97-68-70(104)41-14-19-57(49(86)26-41)119-59-28-43-29-60(74(59)123-84-75(73(107)72(106)61(35-99)121-84)122-63-33-85(5,76(108)38(4)118-63)91-34-39-11-16-45(17-12-39)117-22-21-90-52-24-37(3)92-51-10-8-7-9-46(51)52)120-58-20-15-42(27-50(58)87)71(105)69-82(114)96-67(83(115)116)48-30-44(100)31-56(102)64(48)47-25-40(13-18-55(47)101)65(79(111)98-69)95-80(112)66(43)94-78(110)54(32-62(88)103)93-81(68)113/h7-20,24-31,36,38,53-54,61,63,65-73,75-76,84,89,91,99-102,104-108H,21-23,32-35H2,1-6H3,(H2,88,103)(H,90,92)(H,93,113)(H,94,110)(H,95,112)(H,96,114)(H,97,109)(H,98,111)(H,115,116)/t38?,53-,54+,61?,63?,65-,66-,67-,68-,69+,70-,71-,72?,73?,75?,76?,84?,85?/m1/s1. The highest BCUT2D eigenvalue weighted by molar-refractivity contribution is 6.32. The number of aliphatic carboxylic acids is 1. The number of aryl methyl sites for hydroxylation is 1. The summed E-state index contributed by atoms with van der Waals surface area (Å²) in [6.07, 6.45) is -18.8. The number of aliphatic hydroxyl groups excluding tert-OH is 6. The van der Waals surface area contributed by atoms with Crippen molar-refractivity contribution in [2.45, 2.75) is 170 Å². The smallest absolute Gasteiger partial charge is 0.330 e. The molecule has 0 saturated carbocycles. The van der Waals surface area contributed by atoms with E-state index in [4.69, 9.17) is 62.1 Å². The van der Waals surface area contributed by atoms with Gasteiger partial charge in [0, 0.05) is 64.6 Å². The predicted molar refractivity (Wildman–Crippen MR) is 439 cm³/mol. The molecule has 7 aliphatic rings. The molecule has 9 unspecified atom stereocenters. The number of benzene rings is 7. The average Bonchev–Trinajstić information content (AvgIpc) is 0.762. The highest BCUT2D eigenvalue weighted by Gasteiger charge is 2.52. The maximum absolute atomic E-state index is 16.2. The minimum absolute atomic E-state index is 0.110. The quantitative estimate of drug-likeness (QED) is 0.0446. The van der Waals surface area contributed by atoms with Gasteiger partial charge in [-0.3, -0.25) is 38.5 Å². The number of carbonyl (C=O) groups excluding carboxylic acids is 7. The van der Waals surface area contributed by atoms with Crippen molar-refractivity contribution in [1.82, 2.24) is 47.5 Å². The van der Waals surface area contributed by atoms with Crippen LogP contribution in [0.15, 0.2) is 133 Å². The Balaban J connectivity index is 0.923. The van der Waals surface area contributed by atoms with Crippen LogP contribution in [0.2, 0.25) is 10.0 Å². The second-order valence-corrected chi connectivity index (χ2v) is 32.0. The number of fused-ring (bicyclic) bond motifs is 16. The van der Waals surface area contributed by atoms with Crippen molar-refractivity contribution in [3.63, 3.8) is 0 Å². The van der Waals surface area contributed by atoms with Crippen LogP contribution in [0.1, 0.15) is 116 Å². The van der Waals surface area contributed by atoms with Crippen LogP contribution in [0.3, 0.4) is 0 Å². The van der Waals surface area contributed by atoms with Gasteiger partial charge in [-0.25, -0.2) is 4.79 Å². The van der Waals surface area contributed by atoms with Gasteiger partial charge in [-0.2, -0.15) is 0 Å². The van der Waals surface area contributed by atoms with Gasteiger partial charge in [0.15, 0.2) is 29.9 Å². The number of nitrogens with zero attached hydrogens (tertiary/aromatic N) is 1. The molecule has 1 aromatic heterocycles. The Kier molecular flexibility index (Phi) is 27.2. The first-order chi connectivity index (χ1) is 58.6. The van der Waals surface area contributed by atoms with Crippen molar-refractivity contribution in [3.05, 3.63) is 183 Å². The number of halogens is 2. The Hall–Kier alpha value is -11.8. The van der Waals surface area contributed by atoms with Crippen molar-refractivity contribution in [2.24, 2.45) is 11.7 Å². The van der Waals surface area contributed by atoms with Gasteiger partial charge in [0.25, 0.3) is 0 Å².